The molecule has 1 saturated heterocycles. The SMILES string of the molecule is c1ccc2c(Cc3nc(C4CCOC4)n[nH]3)[nH]nc2c1. The summed E-state index contributed by atoms with van der Waals surface area (Å²) in [5.74, 6) is 2.06. The maximum atomic E-state index is 5.37. The zero-order valence-electron chi connectivity index (χ0n) is 11.0. The lowest BCUT2D eigenvalue weighted by atomic mass is 10.1. The molecule has 0 saturated carbocycles. The number of nitrogens with zero attached hydrogens (tertiary/aromatic N) is 3. The van der Waals surface area contributed by atoms with Gasteiger partial charge in [-0.2, -0.15) is 10.2 Å². The molecule has 2 aromatic heterocycles. The molecular formula is C14H15N5O. The summed E-state index contributed by atoms with van der Waals surface area (Å²) in [6.45, 7) is 1.53. The zero-order valence-corrected chi connectivity index (χ0v) is 11.0. The van der Waals surface area contributed by atoms with Crippen molar-refractivity contribution in [2.24, 2.45) is 0 Å². The maximum Gasteiger partial charge on any atom is 0.156 e. The van der Waals surface area contributed by atoms with Crippen LogP contribution in [0.5, 0.6) is 0 Å². The molecule has 20 heavy (non-hydrogen) atoms. The van der Waals surface area contributed by atoms with E-state index in [4.69, 9.17) is 4.74 Å². The van der Waals surface area contributed by atoms with Crippen molar-refractivity contribution < 1.29 is 4.74 Å². The van der Waals surface area contributed by atoms with Crippen molar-refractivity contribution in [2.45, 2.75) is 18.8 Å². The smallest absolute Gasteiger partial charge is 0.156 e. The summed E-state index contributed by atoms with van der Waals surface area (Å²) >= 11 is 0. The topological polar surface area (TPSA) is 79.5 Å². The van der Waals surface area contributed by atoms with Gasteiger partial charge < -0.3 is 4.74 Å². The Kier molecular flexibility index (Phi) is 2.74. The van der Waals surface area contributed by atoms with Gasteiger partial charge >= 0.3 is 0 Å². The highest BCUT2D eigenvalue weighted by Crippen LogP contribution is 2.22. The molecule has 0 amide bonds. The number of fused-ring (bicyclic) bond motifs is 1. The lowest BCUT2D eigenvalue weighted by Crippen LogP contribution is -2.00. The fourth-order valence-electron chi connectivity index (χ4n) is 2.63. The standard InChI is InChI=1S/C14H15N5O/c1-2-4-11-10(3-1)12(17-16-11)7-13-15-14(19-18-13)9-5-6-20-8-9/h1-4,9H,5-8H2,(H,16,17)(H,15,18,19). The van der Waals surface area contributed by atoms with E-state index in [-0.39, 0.29) is 0 Å². The molecule has 1 atom stereocenters. The van der Waals surface area contributed by atoms with Crippen molar-refractivity contribution in [1.29, 1.82) is 0 Å². The number of nitrogens with one attached hydrogen (secondary N) is 2. The van der Waals surface area contributed by atoms with Gasteiger partial charge in [-0.25, -0.2) is 4.98 Å². The number of benzene rings is 1. The number of hydrogen-bond donors (Lipinski definition) is 2. The Bertz CT molecular complexity index is 726. The second-order valence-corrected chi connectivity index (χ2v) is 5.10. The highest BCUT2D eigenvalue weighted by atomic mass is 16.5. The quantitative estimate of drug-likeness (QED) is 0.759. The molecule has 6 heteroatoms. The molecule has 4 rings (SSSR count). The highest BCUT2D eigenvalue weighted by Gasteiger charge is 2.22. The van der Waals surface area contributed by atoms with Crippen molar-refractivity contribution in [3.63, 3.8) is 0 Å². The zero-order chi connectivity index (χ0) is 13.4. The maximum absolute atomic E-state index is 5.37. The van der Waals surface area contributed by atoms with E-state index in [2.05, 4.69) is 31.4 Å². The Morgan fingerprint density at radius 1 is 1.20 bits per heavy atom. The molecule has 1 aliphatic rings. The van der Waals surface area contributed by atoms with Crippen LogP contribution in [0.3, 0.4) is 0 Å². The summed E-state index contributed by atoms with van der Waals surface area (Å²) in [4.78, 5) is 4.58. The first kappa shape index (κ1) is 11.6. The number of ether oxygens (including phenoxy) is 1. The molecule has 1 unspecified atom stereocenters. The molecule has 0 aliphatic carbocycles. The van der Waals surface area contributed by atoms with Crippen LogP contribution in [0.1, 0.15) is 29.7 Å². The lowest BCUT2D eigenvalue weighted by molar-refractivity contribution is 0.193. The van der Waals surface area contributed by atoms with E-state index in [1.807, 2.05) is 18.2 Å². The van der Waals surface area contributed by atoms with Crippen LogP contribution in [0.25, 0.3) is 10.9 Å². The minimum absolute atomic E-state index is 0.332. The molecule has 0 radical (unpaired) electrons. The van der Waals surface area contributed by atoms with E-state index < -0.39 is 0 Å². The Labute approximate surface area is 115 Å². The molecule has 1 fully saturated rings. The minimum atomic E-state index is 0.332. The predicted octanol–water partition coefficient (Wildman–Crippen LogP) is 1.78. The number of hydrogen-bond acceptors (Lipinski definition) is 4. The number of aromatic amines is 2. The average Bonchev–Trinajstić information content (AvgIpc) is 3.19. The Hall–Kier alpha value is -2.21. The largest absolute Gasteiger partial charge is 0.381 e. The van der Waals surface area contributed by atoms with Crippen molar-refractivity contribution in [3.05, 3.63) is 41.6 Å². The first-order valence-electron chi connectivity index (χ1n) is 6.81. The van der Waals surface area contributed by atoms with E-state index in [9.17, 15) is 0 Å². The molecule has 102 valence electrons. The van der Waals surface area contributed by atoms with Crippen LogP contribution in [0.2, 0.25) is 0 Å². The fraction of sp³-hybridized carbons (Fsp3) is 0.357. The summed E-state index contributed by atoms with van der Waals surface area (Å²) in [5.41, 5.74) is 2.04. The van der Waals surface area contributed by atoms with E-state index in [0.29, 0.717) is 12.3 Å². The molecular weight excluding hydrogens is 254 g/mol. The summed E-state index contributed by atoms with van der Waals surface area (Å²) in [7, 11) is 0. The average molecular weight is 269 g/mol. The van der Waals surface area contributed by atoms with Gasteiger partial charge in [-0.15, -0.1) is 0 Å². The summed E-state index contributed by atoms with van der Waals surface area (Å²) < 4.78 is 5.37. The lowest BCUT2D eigenvalue weighted by Gasteiger charge is -1.99. The molecule has 0 spiro atoms. The van der Waals surface area contributed by atoms with Crippen LogP contribution in [0.4, 0.5) is 0 Å². The van der Waals surface area contributed by atoms with Crippen molar-refractivity contribution >= 4 is 10.9 Å². The first-order chi connectivity index (χ1) is 9.90. The van der Waals surface area contributed by atoms with Crippen molar-refractivity contribution in [3.8, 4) is 0 Å². The Morgan fingerprint density at radius 2 is 2.15 bits per heavy atom. The summed E-state index contributed by atoms with van der Waals surface area (Å²) in [5, 5.41) is 15.8. The van der Waals surface area contributed by atoms with Crippen LogP contribution < -0.4 is 0 Å². The van der Waals surface area contributed by atoms with Crippen LogP contribution in [-0.4, -0.2) is 38.6 Å². The van der Waals surface area contributed by atoms with Gasteiger partial charge in [-0.05, 0) is 12.5 Å². The van der Waals surface area contributed by atoms with E-state index in [1.165, 1.54) is 0 Å². The third-order valence-corrected chi connectivity index (χ3v) is 3.73. The minimum Gasteiger partial charge on any atom is -0.381 e. The first-order valence-corrected chi connectivity index (χ1v) is 6.81. The van der Waals surface area contributed by atoms with Crippen LogP contribution in [0.15, 0.2) is 24.3 Å². The molecule has 2 N–H and O–H groups in total. The summed E-state index contributed by atoms with van der Waals surface area (Å²) in [6.07, 6.45) is 1.69. The molecule has 1 aromatic carbocycles. The second kappa shape index (κ2) is 4.72. The molecule has 3 heterocycles. The predicted molar refractivity (Wildman–Crippen MR) is 73.5 cm³/mol. The molecule has 3 aromatic rings. The van der Waals surface area contributed by atoms with Gasteiger partial charge in [0.25, 0.3) is 0 Å². The third-order valence-electron chi connectivity index (χ3n) is 3.73. The number of H-pyrrole nitrogens is 2. The Balaban J connectivity index is 1.59. The molecule has 1 aliphatic heterocycles. The van der Waals surface area contributed by atoms with Crippen LogP contribution in [-0.2, 0) is 11.2 Å². The van der Waals surface area contributed by atoms with Gasteiger partial charge in [0.1, 0.15) is 5.82 Å². The number of para-hydroxylation sites is 1. The molecule has 0 bridgehead atoms. The van der Waals surface area contributed by atoms with Crippen LogP contribution >= 0.6 is 0 Å². The second-order valence-electron chi connectivity index (χ2n) is 5.10. The highest BCUT2D eigenvalue weighted by molar-refractivity contribution is 5.81. The van der Waals surface area contributed by atoms with Gasteiger partial charge in [0, 0.05) is 24.3 Å². The van der Waals surface area contributed by atoms with Gasteiger partial charge in [0.05, 0.1) is 17.8 Å². The third kappa shape index (κ3) is 1.98. The Morgan fingerprint density at radius 3 is 3.05 bits per heavy atom. The van der Waals surface area contributed by atoms with Gasteiger partial charge in [-0.1, -0.05) is 18.2 Å². The summed E-state index contributed by atoms with van der Waals surface area (Å²) in [6, 6.07) is 8.07. The van der Waals surface area contributed by atoms with E-state index in [1.54, 1.807) is 0 Å². The number of rotatable bonds is 3. The van der Waals surface area contributed by atoms with Crippen molar-refractivity contribution in [2.75, 3.05) is 13.2 Å². The molecule has 6 nitrogen and oxygen atoms in total. The van der Waals surface area contributed by atoms with Gasteiger partial charge in [-0.3, -0.25) is 10.2 Å². The van der Waals surface area contributed by atoms with Crippen molar-refractivity contribution in [1.82, 2.24) is 25.4 Å². The normalized spacial score (nSPS) is 18.9. The van der Waals surface area contributed by atoms with Crippen LogP contribution in [0, 0.1) is 0 Å². The number of aromatic nitrogens is 5. The van der Waals surface area contributed by atoms with E-state index >= 15 is 0 Å². The fourth-order valence-corrected chi connectivity index (χ4v) is 2.63. The van der Waals surface area contributed by atoms with Gasteiger partial charge in [0.2, 0.25) is 0 Å². The van der Waals surface area contributed by atoms with E-state index in [0.717, 1.165) is 47.9 Å². The monoisotopic (exact) mass is 269 g/mol. The van der Waals surface area contributed by atoms with Gasteiger partial charge in [0.15, 0.2) is 5.82 Å².